The average molecular weight is 270 g/mol. The largest absolute Gasteiger partial charge is 0.550 e. The zero-order chi connectivity index (χ0) is 11.4. The van der Waals surface area contributed by atoms with Gasteiger partial charge in [0.15, 0.2) is 0 Å². The Morgan fingerprint density at radius 3 is 2.67 bits per heavy atom. The van der Waals surface area contributed by atoms with Crippen molar-refractivity contribution in [1.82, 2.24) is 0 Å². The first kappa shape index (κ1) is 12.2. The van der Waals surface area contributed by atoms with Crippen LogP contribution in [-0.2, 0) is 11.2 Å². The fourth-order valence-corrected chi connectivity index (χ4v) is 2.40. The predicted octanol–water partition coefficient (Wildman–Crippen LogP) is 2.25. The third kappa shape index (κ3) is 3.34. The quantitative estimate of drug-likeness (QED) is 0.841. The lowest BCUT2D eigenvalue weighted by atomic mass is 9.99. The van der Waals surface area contributed by atoms with E-state index in [9.17, 15) is 9.90 Å². The van der Waals surface area contributed by atoms with E-state index in [-0.39, 0.29) is 6.42 Å². The van der Waals surface area contributed by atoms with Crippen molar-refractivity contribution in [2.75, 3.05) is 0 Å². The van der Waals surface area contributed by atoms with Crippen LogP contribution in [0.3, 0.4) is 0 Å². The highest BCUT2D eigenvalue weighted by molar-refractivity contribution is 9.10. The average Bonchev–Trinajstić information content (AvgIpc) is 2.15. The molecule has 15 heavy (non-hydrogen) atoms. The van der Waals surface area contributed by atoms with Crippen LogP contribution in [0, 0.1) is 0 Å². The highest BCUT2D eigenvalue weighted by atomic mass is 79.9. The van der Waals surface area contributed by atoms with Crippen molar-refractivity contribution in [2.24, 2.45) is 0 Å². The Kier molecular flexibility index (Phi) is 4.33. The normalized spacial score (nSPS) is 10.7. The van der Waals surface area contributed by atoms with Crippen LogP contribution in [0.25, 0.3) is 0 Å². The predicted molar refractivity (Wildman–Crippen MR) is 61.6 cm³/mol. The summed E-state index contributed by atoms with van der Waals surface area (Å²) in [6.07, 6.45) is 0.587. The number of carboxylic acid groups (broad SMARTS) is 1. The smallest absolute Gasteiger partial charge is 0.0417 e. The van der Waals surface area contributed by atoms with Gasteiger partial charge < -0.3 is 9.90 Å². The molecule has 0 spiro atoms. The van der Waals surface area contributed by atoms with Crippen molar-refractivity contribution >= 4 is 21.9 Å². The second-order valence-electron chi connectivity index (χ2n) is 3.85. The number of hydrogen-bond acceptors (Lipinski definition) is 2. The second-order valence-corrected chi connectivity index (χ2v) is 4.64. The number of halogens is 1. The van der Waals surface area contributed by atoms with Gasteiger partial charge in [-0.3, -0.25) is 0 Å². The molecule has 0 unspecified atom stereocenters. The summed E-state index contributed by atoms with van der Waals surface area (Å²) in [5, 5.41) is 10.4. The Morgan fingerprint density at radius 2 is 2.13 bits per heavy atom. The molecule has 1 aromatic rings. The molecule has 3 heteroatoms. The van der Waals surface area contributed by atoms with Gasteiger partial charge in [0.05, 0.1) is 0 Å². The summed E-state index contributed by atoms with van der Waals surface area (Å²) >= 11 is 3.52. The third-order valence-electron chi connectivity index (χ3n) is 2.33. The summed E-state index contributed by atoms with van der Waals surface area (Å²) in [4.78, 5) is 10.4. The molecule has 0 heterocycles. The molecule has 0 bridgehead atoms. The Morgan fingerprint density at radius 1 is 1.47 bits per heavy atom. The van der Waals surface area contributed by atoms with Gasteiger partial charge in [-0.1, -0.05) is 48.0 Å². The minimum absolute atomic E-state index is 0.0696. The standard InChI is InChI=1S/C12H15BrO2/c1-8(2)10-5-3-4-9(12(10)13)6-7-11(14)15/h3-5,8H,6-7H2,1-2H3,(H,14,15)/p-1. The van der Waals surface area contributed by atoms with Crippen molar-refractivity contribution in [2.45, 2.75) is 32.6 Å². The highest BCUT2D eigenvalue weighted by Gasteiger charge is 2.08. The van der Waals surface area contributed by atoms with Crippen molar-refractivity contribution in [1.29, 1.82) is 0 Å². The molecule has 0 aliphatic carbocycles. The molecule has 0 atom stereocenters. The number of aliphatic carboxylic acids is 1. The zero-order valence-corrected chi connectivity index (χ0v) is 10.5. The van der Waals surface area contributed by atoms with Gasteiger partial charge in [-0.2, -0.15) is 0 Å². The Labute approximate surface area is 98.4 Å². The summed E-state index contributed by atoms with van der Waals surface area (Å²) in [5.74, 6) is -0.570. The van der Waals surface area contributed by atoms with E-state index >= 15 is 0 Å². The maximum atomic E-state index is 10.4. The van der Waals surface area contributed by atoms with Gasteiger partial charge in [0.2, 0.25) is 0 Å². The number of carbonyl (C=O) groups excluding carboxylic acids is 1. The molecule has 1 rings (SSSR count). The van der Waals surface area contributed by atoms with E-state index in [4.69, 9.17) is 0 Å². The monoisotopic (exact) mass is 269 g/mol. The molecule has 0 radical (unpaired) electrons. The van der Waals surface area contributed by atoms with Gasteiger partial charge in [0, 0.05) is 10.4 Å². The number of aryl methyl sites for hydroxylation is 1. The van der Waals surface area contributed by atoms with Crippen molar-refractivity contribution in [3.8, 4) is 0 Å². The first-order valence-corrected chi connectivity index (χ1v) is 5.78. The van der Waals surface area contributed by atoms with Crippen LogP contribution in [0.4, 0.5) is 0 Å². The summed E-state index contributed by atoms with van der Waals surface area (Å²) in [6.45, 7) is 4.23. The van der Waals surface area contributed by atoms with E-state index in [1.165, 1.54) is 5.56 Å². The van der Waals surface area contributed by atoms with Crippen LogP contribution in [0.2, 0.25) is 0 Å². The summed E-state index contributed by atoms with van der Waals surface area (Å²) in [6, 6.07) is 5.96. The van der Waals surface area contributed by atoms with E-state index in [2.05, 4.69) is 35.8 Å². The van der Waals surface area contributed by atoms with Gasteiger partial charge >= 0.3 is 0 Å². The first-order valence-electron chi connectivity index (χ1n) is 4.99. The molecule has 0 saturated carbocycles. The number of rotatable bonds is 4. The van der Waals surface area contributed by atoms with Crippen molar-refractivity contribution in [3.05, 3.63) is 33.8 Å². The molecule has 1 aromatic carbocycles. The third-order valence-corrected chi connectivity index (χ3v) is 3.30. The van der Waals surface area contributed by atoms with Gasteiger partial charge in [-0.25, -0.2) is 0 Å². The molecule has 2 nitrogen and oxygen atoms in total. The van der Waals surface area contributed by atoms with E-state index in [1.807, 2.05) is 12.1 Å². The summed E-state index contributed by atoms with van der Waals surface area (Å²) in [7, 11) is 0. The van der Waals surface area contributed by atoms with Crippen LogP contribution in [0.1, 0.15) is 37.3 Å². The summed E-state index contributed by atoms with van der Waals surface area (Å²) < 4.78 is 1.03. The molecule has 0 fully saturated rings. The Bertz CT molecular complexity index is 359. The van der Waals surface area contributed by atoms with Crippen LogP contribution >= 0.6 is 15.9 Å². The highest BCUT2D eigenvalue weighted by Crippen LogP contribution is 2.28. The fourth-order valence-electron chi connectivity index (χ4n) is 1.48. The lowest BCUT2D eigenvalue weighted by Crippen LogP contribution is -2.22. The van der Waals surface area contributed by atoms with E-state index < -0.39 is 5.97 Å². The van der Waals surface area contributed by atoms with Crippen molar-refractivity contribution in [3.63, 3.8) is 0 Å². The van der Waals surface area contributed by atoms with Gasteiger partial charge in [-0.05, 0) is 29.9 Å². The molecule has 0 N–H and O–H groups in total. The molecule has 0 aromatic heterocycles. The number of carbonyl (C=O) groups is 1. The fraction of sp³-hybridized carbons (Fsp3) is 0.417. The van der Waals surface area contributed by atoms with E-state index in [1.54, 1.807) is 0 Å². The lowest BCUT2D eigenvalue weighted by Gasteiger charge is -2.12. The number of hydrogen-bond donors (Lipinski definition) is 0. The van der Waals surface area contributed by atoms with Crippen LogP contribution in [0.15, 0.2) is 22.7 Å². The SMILES string of the molecule is CC(C)c1cccc(CCC(=O)[O-])c1Br. The Balaban J connectivity index is 2.89. The molecular weight excluding hydrogens is 256 g/mol. The van der Waals surface area contributed by atoms with Gasteiger partial charge in [0.1, 0.15) is 0 Å². The molecular formula is C12H14BrO2-. The first-order chi connectivity index (χ1) is 7.02. The number of benzene rings is 1. The Hall–Kier alpha value is -0.830. The minimum Gasteiger partial charge on any atom is -0.550 e. The van der Waals surface area contributed by atoms with E-state index in [0.717, 1.165) is 10.0 Å². The van der Waals surface area contributed by atoms with E-state index in [0.29, 0.717) is 12.3 Å². The molecule has 0 aliphatic heterocycles. The molecule has 0 aliphatic rings. The van der Waals surface area contributed by atoms with Crippen molar-refractivity contribution < 1.29 is 9.90 Å². The van der Waals surface area contributed by atoms with Crippen LogP contribution < -0.4 is 5.11 Å². The topological polar surface area (TPSA) is 40.1 Å². The van der Waals surface area contributed by atoms with Crippen LogP contribution in [-0.4, -0.2) is 5.97 Å². The maximum absolute atomic E-state index is 10.4. The lowest BCUT2D eigenvalue weighted by molar-refractivity contribution is -0.305. The van der Waals surface area contributed by atoms with Gasteiger partial charge in [-0.15, -0.1) is 0 Å². The minimum atomic E-state index is -1.00. The maximum Gasteiger partial charge on any atom is 0.0417 e. The molecule has 0 amide bonds. The van der Waals surface area contributed by atoms with Gasteiger partial charge in [0.25, 0.3) is 0 Å². The summed E-state index contributed by atoms with van der Waals surface area (Å²) in [5.41, 5.74) is 2.25. The second kappa shape index (κ2) is 5.31. The molecule has 82 valence electrons. The van der Waals surface area contributed by atoms with Crippen LogP contribution in [0.5, 0.6) is 0 Å². The zero-order valence-electron chi connectivity index (χ0n) is 8.92. The molecule has 0 saturated heterocycles. The number of carboxylic acids is 1.